The second kappa shape index (κ2) is 11.3. The molecule has 0 aliphatic heterocycles. The van der Waals surface area contributed by atoms with Gasteiger partial charge < -0.3 is 15.8 Å². The van der Waals surface area contributed by atoms with Crippen molar-refractivity contribution in [2.75, 3.05) is 39.5 Å². The molecule has 0 saturated heterocycles. The van der Waals surface area contributed by atoms with Crippen LogP contribution in [0.15, 0.2) is 0 Å². The number of hydrogen-bond donors (Lipinski definition) is 2. The Labute approximate surface area is 127 Å². The highest BCUT2D eigenvalue weighted by atomic mass is 35.5. The zero-order valence-electron chi connectivity index (χ0n) is 12.3. The third kappa shape index (κ3) is 8.70. The molecular formula is C11H26ClN3O4S. The van der Waals surface area contributed by atoms with Crippen molar-refractivity contribution in [1.29, 1.82) is 0 Å². The summed E-state index contributed by atoms with van der Waals surface area (Å²) in [6.07, 6.45) is 0.515. The molecule has 0 spiro atoms. The number of halogens is 1. The summed E-state index contributed by atoms with van der Waals surface area (Å²) in [6, 6.07) is 0. The zero-order valence-corrected chi connectivity index (χ0v) is 13.9. The van der Waals surface area contributed by atoms with Crippen molar-refractivity contribution in [2.45, 2.75) is 25.9 Å². The van der Waals surface area contributed by atoms with Gasteiger partial charge in [-0.25, -0.2) is 12.7 Å². The van der Waals surface area contributed by atoms with E-state index in [0.29, 0.717) is 26.1 Å². The molecule has 1 unspecified atom stereocenters. The Bertz CT molecular complexity index is 361. The highest BCUT2D eigenvalue weighted by Gasteiger charge is 2.14. The lowest BCUT2D eigenvalue weighted by Crippen LogP contribution is -2.35. The minimum absolute atomic E-state index is 0. The molecule has 0 radical (unpaired) electrons. The first-order valence-corrected chi connectivity index (χ1v) is 7.91. The topological polar surface area (TPSA) is 102 Å². The van der Waals surface area contributed by atoms with Crippen LogP contribution in [-0.4, -0.2) is 64.3 Å². The van der Waals surface area contributed by atoms with Crippen LogP contribution in [0.4, 0.5) is 0 Å². The van der Waals surface area contributed by atoms with Crippen LogP contribution in [0.2, 0.25) is 0 Å². The van der Waals surface area contributed by atoms with E-state index in [4.69, 9.17) is 10.5 Å². The average molecular weight is 332 g/mol. The molecule has 0 aromatic heterocycles. The number of carbonyl (C=O) groups excluding carboxylic acids is 1. The van der Waals surface area contributed by atoms with Crippen molar-refractivity contribution in [3.05, 3.63) is 0 Å². The molecule has 1 atom stereocenters. The van der Waals surface area contributed by atoms with Crippen molar-refractivity contribution < 1.29 is 17.9 Å². The SMILES string of the molecule is CCS(=O)(=O)N(C)CCCNC(=O)CC(CN)OC.Cl. The number of amides is 1. The Hall–Kier alpha value is -0.410. The van der Waals surface area contributed by atoms with E-state index >= 15 is 0 Å². The molecule has 0 bridgehead atoms. The van der Waals surface area contributed by atoms with Gasteiger partial charge in [0.05, 0.1) is 18.3 Å². The Morgan fingerprint density at radius 2 is 2.05 bits per heavy atom. The lowest BCUT2D eigenvalue weighted by atomic mass is 10.2. The van der Waals surface area contributed by atoms with Crippen LogP contribution in [0, 0.1) is 0 Å². The first kappa shape index (κ1) is 21.9. The molecular weight excluding hydrogens is 306 g/mol. The van der Waals surface area contributed by atoms with Gasteiger partial charge in [0.15, 0.2) is 0 Å². The third-order valence-corrected chi connectivity index (χ3v) is 4.68. The maximum absolute atomic E-state index is 11.5. The van der Waals surface area contributed by atoms with Crippen molar-refractivity contribution in [3.8, 4) is 0 Å². The molecule has 3 N–H and O–H groups in total. The summed E-state index contributed by atoms with van der Waals surface area (Å²) in [5.41, 5.74) is 5.41. The Kier molecular flexibility index (Phi) is 12.3. The smallest absolute Gasteiger partial charge is 0.222 e. The molecule has 0 aromatic carbocycles. The normalized spacial score (nSPS) is 12.8. The van der Waals surface area contributed by atoms with Crippen LogP contribution >= 0.6 is 12.4 Å². The fourth-order valence-electron chi connectivity index (χ4n) is 1.43. The summed E-state index contributed by atoms with van der Waals surface area (Å²) in [5, 5.41) is 2.71. The van der Waals surface area contributed by atoms with Gasteiger partial charge in [-0.1, -0.05) is 0 Å². The van der Waals surface area contributed by atoms with Crippen LogP contribution < -0.4 is 11.1 Å². The fourth-order valence-corrected chi connectivity index (χ4v) is 2.28. The summed E-state index contributed by atoms with van der Waals surface area (Å²) in [5.74, 6) is -0.0553. The second-order valence-corrected chi connectivity index (χ2v) is 6.59. The highest BCUT2D eigenvalue weighted by molar-refractivity contribution is 7.89. The number of carbonyl (C=O) groups is 1. The number of rotatable bonds is 10. The Morgan fingerprint density at radius 1 is 1.45 bits per heavy atom. The number of methoxy groups -OCH3 is 1. The fraction of sp³-hybridized carbons (Fsp3) is 0.909. The van der Waals surface area contributed by atoms with Crippen LogP contribution in [-0.2, 0) is 19.6 Å². The predicted octanol–water partition coefficient (Wildman–Crippen LogP) is -0.440. The van der Waals surface area contributed by atoms with Crippen molar-refractivity contribution in [3.63, 3.8) is 0 Å². The summed E-state index contributed by atoms with van der Waals surface area (Å²) in [6.45, 7) is 2.72. The first-order chi connectivity index (χ1) is 8.87. The number of nitrogens with two attached hydrogens (primary N) is 1. The van der Waals surface area contributed by atoms with Crippen molar-refractivity contribution in [1.82, 2.24) is 9.62 Å². The van der Waals surface area contributed by atoms with E-state index in [1.54, 1.807) is 6.92 Å². The van der Waals surface area contributed by atoms with E-state index in [2.05, 4.69) is 5.32 Å². The third-order valence-electron chi connectivity index (χ3n) is 2.82. The van der Waals surface area contributed by atoms with Crippen LogP contribution in [0.25, 0.3) is 0 Å². The molecule has 1 amide bonds. The van der Waals surface area contributed by atoms with Gasteiger partial charge in [0.2, 0.25) is 15.9 Å². The van der Waals surface area contributed by atoms with Gasteiger partial charge in [0.1, 0.15) is 0 Å². The van der Waals surface area contributed by atoms with Gasteiger partial charge in [-0.2, -0.15) is 0 Å². The van der Waals surface area contributed by atoms with Gasteiger partial charge in [-0.15, -0.1) is 12.4 Å². The molecule has 0 heterocycles. The monoisotopic (exact) mass is 331 g/mol. The van der Waals surface area contributed by atoms with Crippen LogP contribution in [0.3, 0.4) is 0 Å². The van der Waals surface area contributed by atoms with Crippen LogP contribution in [0.1, 0.15) is 19.8 Å². The zero-order chi connectivity index (χ0) is 14.9. The lowest BCUT2D eigenvalue weighted by molar-refractivity contribution is -0.123. The van der Waals surface area contributed by atoms with Crippen molar-refractivity contribution in [2.24, 2.45) is 5.73 Å². The van der Waals surface area contributed by atoms with E-state index in [0.717, 1.165) is 0 Å². The number of ether oxygens (including phenoxy) is 1. The summed E-state index contributed by atoms with van der Waals surface area (Å²) in [4.78, 5) is 11.5. The van der Waals surface area contributed by atoms with E-state index in [-0.39, 0.29) is 36.6 Å². The number of hydrogen-bond acceptors (Lipinski definition) is 5. The molecule has 0 aliphatic carbocycles. The first-order valence-electron chi connectivity index (χ1n) is 6.31. The van der Waals surface area contributed by atoms with Gasteiger partial charge in [0, 0.05) is 33.8 Å². The number of sulfonamides is 1. The molecule has 122 valence electrons. The minimum atomic E-state index is -3.14. The van der Waals surface area contributed by atoms with Gasteiger partial charge in [-0.05, 0) is 13.3 Å². The van der Waals surface area contributed by atoms with E-state index in [1.807, 2.05) is 0 Å². The minimum Gasteiger partial charge on any atom is -0.380 e. The van der Waals surface area contributed by atoms with E-state index in [9.17, 15) is 13.2 Å². The molecule has 9 heteroatoms. The van der Waals surface area contributed by atoms with Crippen LogP contribution in [0.5, 0.6) is 0 Å². The highest BCUT2D eigenvalue weighted by Crippen LogP contribution is 1.99. The van der Waals surface area contributed by atoms with Gasteiger partial charge in [-0.3, -0.25) is 4.79 Å². The Morgan fingerprint density at radius 3 is 2.50 bits per heavy atom. The lowest BCUT2D eigenvalue weighted by Gasteiger charge is -2.16. The number of nitrogens with one attached hydrogen (secondary N) is 1. The molecule has 0 aromatic rings. The molecule has 7 nitrogen and oxygen atoms in total. The van der Waals surface area contributed by atoms with Gasteiger partial charge >= 0.3 is 0 Å². The summed E-state index contributed by atoms with van der Waals surface area (Å²) in [7, 11) is -0.0947. The van der Waals surface area contributed by atoms with Gasteiger partial charge in [0.25, 0.3) is 0 Å². The maximum atomic E-state index is 11.5. The Balaban J connectivity index is 0. The molecule has 0 saturated carbocycles. The van der Waals surface area contributed by atoms with E-state index < -0.39 is 10.0 Å². The van der Waals surface area contributed by atoms with E-state index in [1.165, 1.54) is 18.5 Å². The summed E-state index contributed by atoms with van der Waals surface area (Å²) >= 11 is 0. The molecule has 20 heavy (non-hydrogen) atoms. The molecule has 0 rings (SSSR count). The average Bonchev–Trinajstić information content (AvgIpc) is 2.40. The quantitative estimate of drug-likeness (QED) is 0.528. The standard InChI is InChI=1S/C11H25N3O4S.ClH/c1-4-19(16,17)14(2)7-5-6-13-11(15)8-10(9-12)18-3;/h10H,4-9,12H2,1-3H3,(H,13,15);1H. The van der Waals surface area contributed by atoms with Crippen molar-refractivity contribution >= 4 is 28.3 Å². The predicted molar refractivity (Wildman–Crippen MR) is 81.4 cm³/mol. The largest absolute Gasteiger partial charge is 0.380 e. The molecule has 0 aliphatic rings. The number of nitrogens with zero attached hydrogens (tertiary/aromatic N) is 1. The second-order valence-electron chi connectivity index (χ2n) is 4.22. The maximum Gasteiger partial charge on any atom is 0.222 e. The summed E-state index contributed by atoms with van der Waals surface area (Å²) < 4.78 is 29.2. The molecule has 0 fully saturated rings.